The monoisotopic (exact) mass is 469 g/mol. The van der Waals surface area contributed by atoms with Gasteiger partial charge in [-0.25, -0.2) is 0 Å². The highest BCUT2D eigenvalue weighted by atomic mass is 16.5. The molecule has 5 rings (SSSR count). The van der Waals surface area contributed by atoms with Crippen LogP contribution in [0.2, 0.25) is 0 Å². The molecule has 0 spiro atoms. The molecule has 1 fully saturated rings. The lowest BCUT2D eigenvalue weighted by atomic mass is 9.85. The van der Waals surface area contributed by atoms with Crippen molar-refractivity contribution >= 4 is 11.1 Å². The van der Waals surface area contributed by atoms with Crippen LogP contribution in [0, 0.1) is 5.92 Å². The van der Waals surface area contributed by atoms with Crippen molar-refractivity contribution in [3.8, 4) is 17.2 Å². The summed E-state index contributed by atoms with van der Waals surface area (Å²) in [5.74, 6) is 2.01. The highest BCUT2D eigenvalue weighted by molar-refractivity contribution is 5.95. The number of likely N-dealkylation sites (tertiary alicyclic amines) is 1. The Kier molecular flexibility index (Phi) is 6.57. The average molecular weight is 470 g/mol. The van der Waals surface area contributed by atoms with Crippen LogP contribution in [-0.2, 0) is 6.42 Å². The van der Waals surface area contributed by atoms with Crippen LogP contribution in [0.15, 0.2) is 66.7 Å². The van der Waals surface area contributed by atoms with E-state index in [0.717, 1.165) is 52.3 Å². The fraction of sp³-hybridized carbons (Fsp3) is 0.355. The predicted octanol–water partition coefficient (Wildman–Crippen LogP) is 6.83. The quantitative estimate of drug-likeness (QED) is 0.416. The maximum Gasteiger partial charge on any atom is 0.150 e. The van der Waals surface area contributed by atoms with E-state index in [9.17, 15) is 10.2 Å². The number of aromatic hydroxyl groups is 2. The second kappa shape index (κ2) is 9.79. The van der Waals surface area contributed by atoms with Gasteiger partial charge in [-0.2, -0.15) is 0 Å². The Morgan fingerprint density at radius 2 is 1.77 bits per heavy atom. The fourth-order valence-corrected chi connectivity index (χ4v) is 5.50. The number of ether oxygens (including phenoxy) is 1. The summed E-state index contributed by atoms with van der Waals surface area (Å²) < 4.78 is 6.51. The number of allylic oxidation sites excluding steroid dienone is 1. The molecule has 4 heteroatoms. The van der Waals surface area contributed by atoms with E-state index >= 15 is 0 Å². The molecule has 35 heavy (non-hydrogen) atoms. The van der Waals surface area contributed by atoms with Crippen LogP contribution >= 0.6 is 0 Å². The van der Waals surface area contributed by atoms with Crippen LogP contribution in [0.1, 0.15) is 62.0 Å². The van der Waals surface area contributed by atoms with Gasteiger partial charge < -0.3 is 19.8 Å². The van der Waals surface area contributed by atoms with Gasteiger partial charge in [0.25, 0.3) is 0 Å². The molecule has 0 amide bonds. The molecular formula is C31H35NO3. The van der Waals surface area contributed by atoms with Crippen LogP contribution in [0.5, 0.6) is 17.2 Å². The number of aryl methyl sites for hydroxylation is 1. The number of hydrogen-bond acceptors (Lipinski definition) is 4. The minimum Gasteiger partial charge on any atom is -0.508 e. The highest BCUT2D eigenvalue weighted by Gasteiger charge is 2.30. The van der Waals surface area contributed by atoms with Crippen LogP contribution in [0.25, 0.3) is 11.1 Å². The number of nitrogens with zero attached hydrogens (tertiary/aromatic N) is 1. The van der Waals surface area contributed by atoms with Gasteiger partial charge in [-0.15, -0.1) is 0 Å². The molecule has 3 atom stereocenters. The van der Waals surface area contributed by atoms with Gasteiger partial charge in [0.1, 0.15) is 23.4 Å². The third-order valence-corrected chi connectivity index (χ3v) is 7.65. The normalized spacial score (nSPS) is 21.0. The molecule has 0 radical (unpaired) electrons. The second-order valence-corrected chi connectivity index (χ2v) is 10.3. The van der Waals surface area contributed by atoms with Gasteiger partial charge in [0.15, 0.2) is 0 Å². The molecule has 0 saturated carbocycles. The topological polar surface area (TPSA) is 52.9 Å². The van der Waals surface area contributed by atoms with Crippen molar-refractivity contribution in [3.05, 3.63) is 89.0 Å². The van der Waals surface area contributed by atoms with Crippen molar-refractivity contribution in [1.82, 2.24) is 4.90 Å². The maximum absolute atomic E-state index is 10.2. The van der Waals surface area contributed by atoms with E-state index in [-0.39, 0.29) is 17.6 Å². The zero-order chi connectivity index (χ0) is 24.5. The minimum atomic E-state index is -0.298. The lowest BCUT2D eigenvalue weighted by Gasteiger charge is -2.31. The first kappa shape index (κ1) is 23.5. The van der Waals surface area contributed by atoms with Crippen LogP contribution < -0.4 is 4.74 Å². The van der Waals surface area contributed by atoms with E-state index < -0.39 is 0 Å². The molecule has 2 N–H and O–H groups in total. The van der Waals surface area contributed by atoms with Crippen molar-refractivity contribution in [2.75, 3.05) is 13.1 Å². The smallest absolute Gasteiger partial charge is 0.150 e. The summed E-state index contributed by atoms with van der Waals surface area (Å²) in [7, 11) is 0. The lowest BCUT2D eigenvalue weighted by molar-refractivity contribution is 0.240. The molecule has 0 bridgehead atoms. The van der Waals surface area contributed by atoms with E-state index in [2.05, 4.69) is 49.9 Å². The Morgan fingerprint density at radius 1 is 1.00 bits per heavy atom. The van der Waals surface area contributed by atoms with Crippen molar-refractivity contribution in [2.45, 2.75) is 52.2 Å². The van der Waals surface area contributed by atoms with Gasteiger partial charge >= 0.3 is 0 Å². The average Bonchev–Trinajstić information content (AvgIpc) is 3.29. The third kappa shape index (κ3) is 4.94. The molecule has 1 saturated heterocycles. The maximum atomic E-state index is 10.2. The summed E-state index contributed by atoms with van der Waals surface area (Å²) in [5.41, 5.74) is 6.25. The first-order chi connectivity index (χ1) is 16.9. The first-order valence-electron chi connectivity index (χ1n) is 12.7. The van der Waals surface area contributed by atoms with Gasteiger partial charge in [-0.1, -0.05) is 43.3 Å². The van der Waals surface area contributed by atoms with E-state index in [1.165, 1.54) is 25.1 Å². The molecule has 2 aliphatic heterocycles. The Bertz CT molecular complexity index is 1230. The second-order valence-electron chi connectivity index (χ2n) is 10.3. The molecule has 3 aromatic rings. The molecule has 0 aliphatic carbocycles. The highest BCUT2D eigenvalue weighted by Crippen LogP contribution is 2.47. The van der Waals surface area contributed by atoms with Crippen LogP contribution in [0.4, 0.5) is 0 Å². The zero-order valence-electron chi connectivity index (χ0n) is 20.9. The van der Waals surface area contributed by atoms with E-state index in [1.54, 1.807) is 24.3 Å². The zero-order valence-corrected chi connectivity index (χ0v) is 20.9. The molecule has 2 heterocycles. The summed E-state index contributed by atoms with van der Waals surface area (Å²) in [5, 5.41) is 20.2. The standard InChI is InChI=1S/C31H35NO3/c1-20-15-16-32(19-20)21(2)7-8-23-9-11-24(12-10-23)31-30(25-5-4-6-26(33)17-25)22(3)28-18-27(34)13-14-29(28)35-31/h4-6,9-14,17-18,20-21,31,33-34H,7-8,15-16,19H2,1-3H3. The van der Waals surface area contributed by atoms with Crippen molar-refractivity contribution in [1.29, 1.82) is 0 Å². The lowest BCUT2D eigenvalue weighted by Crippen LogP contribution is -2.31. The largest absolute Gasteiger partial charge is 0.508 e. The first-order valence-corrected chi connectivity index (χ1v) is 12.7. The van der Waals surface area contributed by atoms with E-state index in [4.69, 9.17) is 4.74 Å². The van der Waals surface area contributed by atoms with Gasteiger partial charge in [-0.05, 0) is 98.2 Å². The Balaban J connectivity index is 1.41. The Morgan fingerprint density at radius 3 is 2.49 bits per heavy atom. The van der Waals surface area contributed by atoms with Crippen molar-refractivity contribution < 1.29 is 14.9 Å². The molecule has 3 aromatic carbocycles. The van der Waals surface area contributed by atoms with Gasteiger partial charge in [0.05, 0.1) is 0 Å². The number of rotatable bonds is 6. The van der Waals surface area contributed by atoms with E-state index in [1.807, 2.05) is 18.2 Å². The van der Waals surface area contributed by atoms with Gasteiger partial charge in [0.2, 0.25) is 0 Å². The molecule has 3 unspecified atom stereocenters. The van der Waals surface area contributed by atoms with Gasteiger partial charge in [-0.3, -0.25) is 0 Å². The van der Waals surface area contributed by atoms with Crippen molar-refractivity contribution in [3.63, 3.8) is 0 Å². The van der Waals surface area contributed by atoms with Crippen LogP contribution in [-0.4, -0.2) is 34.2 Å². The van der Waals surface area contributed by atoms with E-state index in [0.29, 0.717) is 6.04 Å². The Labute approximate surface area is 208 Å². The Hall–Kier alpha value is -3.24. The third-order valence-electron chi connectivity index (χ3n) is 7.65. The number of benzene rings is 3. The molecular weight excluding hydrogens is 434 g/mol. The number of phenolic OH excluding ortho intramolecular Hbond substituents is 2. The number of phenols is 2. The summed E-state index contributed by atoms with van der Waals surface area (Å²) >= 11 is 0. The summed E-state index contributed by atoms with van der Waals surface area (Å²) in [6.45, 7) is 9.21. The molecule has 4 nitrogen and oxygen atoms in total. The molecule has 2 aliphatic rings. The van der Waals surface area contributed by atoms with Crippen LogP contribution in [0.3, 0.4) is 0 Å². The fourth-order valence-electron chi connectivity index (χ4n) is 5.50. The molecule has 0 aromatic heterocycles. The number of hydrogen-bond donors (Lipinski definition) is 2. The summed E-state index contributed by atoms with van der Waals surface area (Å²) in [6.07, 6.45) is 3.25. The summed E-state index contributed by atoms with van der Waals surface area (Å²) in [4.78, 5) is 2.62. The molecule has 182 valence electrons. The summed E-state index contributed by atoms with van der Waals surface area (Å²) in [6, 6.07) is 21.9. The predicted molar refractivity (Wildman–Crippen MR) is 142 cm³/mol. The number of fused-ring (bicyclic) bond motifs is 1. The SMILES string of the molecule is CC1=C(c2cccc(O)c2)C(c2ccc(CCC(C)N3CCC(C)C3)cc2)Oc2ccc(O)cc21. The van der Waals surface area contributed by atoms with Gasteiger partial charge in [0, 0.05) is 23.7 Å². The van der Waals surface area contributed by atoms with Crippen molar-refractivity contribution in [2.24, 2.45) is 5.92 Å². The minimum absolute atomic E-state index is 0.211.